The number of nitrogens with one attached hydrogen (secondary N) is 2. The SMILES string of the molecule is CC(C)NC(=O)c1cccc(NC(=O)CCC(=O)OCCc2ccccc2)c1. The quantitative estimate of drug-likeness (QED) is 0.652. The van der Waals surface area contributed by atoms with E-state index in [4.69, 9.17) is 4.74 Å². The number of amides is 2. The van der Waals surface area contributed by atoms with Gasteiger partial charge in [0.1, 0.15) is 0 Å². The van der Waals surface area contributed by atoms with Crippen LogP contribution in [0.1, 0.15) is 42.6 Å². The second-order valence-electron chi connectivity index (χ2n) is 6.71. The number of ether oxygens (including phenoxy) is 1. The van der Waals surface area contributed by atoms with Crippen molar-refractivity contribution in [2.24, 2.45) is 0 Å². The van der Waals surface area contributed by atoms with Crippen molar-refractivity contribution in [2.45, 2.75) is 39.2 Å². The van der Waals surface area contributed by atoms with Crippen LogP contribution in [0.4, 0.5) is 5.69 Å². The molecule has 148 valence electrons. The van der Waals surface area contributed by atoms with Gasteiger partial charge in [0.05, 0.1) is 13.0 Å². The van der Waals surface area contributed by atoms with Crippen LogP contribution in [-0.2, 0) is 20.7 Å². The third-order valence-electron chi connectivity index (χ3n) is 3.88. The number of carbonyl (C=O) groups is 3. The molecule has 0 radical (unpaired) electrons. The van der Waals surface area contributed by atoms with Gasteiger partial charge in [-0.3, -0.25) is 14.4 Å². The lowest BCUT2D eigenvalue weighted by Crippen LogP contribution is -2.30. The molecule has 0 aliphatic carbocycles. The fourth-order valence-corrected chi connectivity index (χ4v) is 2.52. The largest absolute Gasteiger partial charge is 0.465 e. The van der Waals surface area contributed by atoms with Crippen LogP contribution in [0.25, 0.3) is 0 Å². The second kappa shape index (κ2) is 10.9. The lowest BCUT2D eigenvalue weighted by molar-refractivity contribution is -0.144. The van der Waals surface area contributed by atoms with E-state index in [0.29, 0.717) is 17.7 Å². The van der Waals surface area contributed by atoms with Gasteiger partial charge in [-0.05, 0) is 37.6 Å². The highest BCUT2D eigenvalue weighted by molar-refractivity contribution is 5.97. The average Bonchev–Trinajstić information content (AvgIpc) is 2.67. The van der Waals surface area contributed by atoms with E-state index in [2.05, 4.69) is 10.6 Å². The lowest BCUT2D eigenvalue weighted by atomic mass is 10.1. The average molecular weight is 382 g/mol. The summed E-state index contributed by atoms with van der Waals surface area (Å²) in [5.41, 5.74) is 2.07. The van der Waals surface area contributed by atoms with E-state index in [0.717, 1.165) is 5.56 Å². The predicted molar refractivity (Wildman–Crippen MR) is 108 cm³/mol. The van der Waals surface area contributed by atoms with Gasteiger partial charge in [0.15, 0.2) is 0 Å². The molecule has 0 saturated carbocycles. The van der Waals surface area contributed by atoms with E-state index in [-0.39, 0.29) is 37.3 Å². The first-order valence-electron chi connectivity index (χ1n) is 9.34. The molecular formula is C22H26N2O4. The molecule has 2 aromatic rings. The van der Waals surface area contributed by atoms with E-state index in [9.17, 15) is 14.4 Å². The van der Waals surface area contributed by atoms with Crippen LogP contribution in [0.15, 0.2) is 54.6 Å². The summed E-state index contributed by atoms with van der Waals surface area (Å²) in [6.07, 6.45) is 0.671. The highest BCUT2D eigenvalue weighted by Crippen LogP contribution is 2.12. The van der Waals surface area contributed by atoms with Crippen molar-refractivity contribution < 1.29 is 19.1 Å². The number of hydrogen-bond acceptors (Lipinski definition) is 4. The minimum absolute atomic E-state index is 0.00808. The van der Waals surface area contributed by atoms with Crippen LogP contribution in [-0.4, -0.2) is 30.4 Å². The molecule has 0 bridgehead atoms. The Morgan fingerprint density at radius 1 is 0.964 bits per heavy atom. The van der Waals surface area contributed by atoms with Crippen molar-refractivity contribution in [2.75, 3.05) is 11.9 Å². The summed E-state index contributed by atoms with van der Waals surface area (Å²) < 4.78 is 5.16. The first-order chi connectivity index (χ1) is 13.4. The molecule has 0 aliphatic rings. The number of hydrogen-bond donors (Lipinski definition) is 2. The molecule has 0 heterocycles. The normalized spacial score (nSPS) is 10.4. The van der Waals surface area contributed by atoms with Gasteiger partial charge in [0.2, 0.25) is 5.91 Å². The zero-order valence-corrected chi connectivity index (χ0v) is 16.2. The maximum atomic E-state index is 12.1. The minimum atomic E-state index is -0.406. The molecule has 0 spiro atoms. The molecule has 0 unspecified atom stereocenters. The minimum Gasteiger partial charge on any atom is -0.465 e. The number of esters is 1. The third kappa shape index (κ3) is 7.61. The van der Waals surface area contributed by atoms with Crippen molar-refractivity contribution in [1.29, 1.82) is 0 Å². The van der Waals surface area contributed by atoms with E-state index in [1.807, 2.05) is 44.2 Å². The van der Waals surface area contributed by atoms with Crippen LogP contribution in [0.2, 0.25) is 0 Å². The Morgan fingerprint density at radius 2 is 1.71 bits per heavy atom. The molecule has 2 N–H and O–H groups in total. The third-order valence-corrected chi connectivity index (χ3v) is 3.88. The standard InChI is InChI=1S/C22H26N2O4/c1-16(2)23-22(27)18-9-6-10-19(15-18)24-20(25)11-12-21(26)28-14-13-17-7-4-3-5-8-17/h3-10,15-16H,11-14H2,1-2H3,(H,23,27)(H,24,25). The van der Waals surface area contributed by atoms with Crippen LogP contribution in [0.3, 0.4) is 0 Å². The molecule has 6 nitrogen and oxygen atoms in total. The monoisotopic (exact) mass is 382 g/mol. The summed E-state index contributed by atoms with van der Waals surface area (Å²) in [6.45, 7) is 4.04. The molecule has 0 saturated heterocycles. The number of benzene rings is 2. The summed E-state index contributed by atoms with van der Waals surface area (Å²) in [5, 5.41) is 5.50. The molecular weight excluding hydrogens is 356 g/mol. The topological polar surface area (TPSA) is 84.5 Å². The van der Waals surface area contributed by atoms with Gasteiger partial charge in [-0.2, -0.15) is 0 Å². The molecule has 0 fully saturated rings. The Kier molecular flexibility index (Phi) is 8.21. The zero-order chi connectivity index (χ0) is 20.4. The Hall–Kier alpha value is -3.15. The first kappa shape index (κ1) is 21.2. The molecule has 6 heteroatoms. The van der Waals surface area contributed by atoms with Gasteiger partial charge >= 0.3 is 5.97 Å². The van der Waals surface area contributed by atoms with Crippen molar-refractivity contribution >= 4 is 23.5 Å². The van der Waals surface area contributed by atoms with Crippen molar-refractivity contribution in [3.63, 3.8) is 0 Å². The van der Waals surface area contributed by atoms with Crippen LogP contribution < -0.4 is 10.6 Å². The Labute approximate surface area is 165 Å². The van der Waals surface area contributed by atoms with Gasteiger partial charge in [0.25, 0.3) is 5.91 Å². The zero-order valence-electron chi connectivity index (χ0n) is 16.2. The molecule has 0 aliphatic heterocycles. The van der Waals surface area contributed by atoms with E-state index >= 15 is 0 Å². The maximum Gasteiger partial charge on any atom is 0.306 e. The van der Waals surface area contributed by atoms with Gasteiger partial charge in [-0.1, -0.05) is 36.4 Å². The summed E-state index contributed by atoms with van der Waals surface area (Å²) >= 11 is 0. The highest BCUT2D eigenvalue weighted by atomic mass is 16.5. The van der Waals surface area contributed by atoms with Crippen molar-refractivity contribution in [3.05, 3.63) is 65.7 Å². The summed E-state index contributed by atoms with van der Waals surface area (Å²) in [6, 6.07) is 16.4. The van der Waals surface area contributed by atoms with Crippen molar-refractivity contribution in [3.8, 4) is 0 Å². The molecule has 0 atom stereocenters. The first-order valence-corrected chi connectivity index (χ1v) is 9.34. The van der Waals surface area contributed by atoms with Gasteiger partial charge in [0, 0.05) is 30.1 Å². The molecule has 28 heavy (non-hydrogen) atoms. The van der Waals surface area contributed by atoms with E-state index in [1.54, 1.807) is 24.3 Å². The van der Waals surface area contributed by atoms with Crippen LogP contribution in [0.5, 0.6) is 0 Å². The number of carbonyl (C=O) groups excluding carboxylic acids is 3. The predicted octanol–water partition coefficient (Wildman–Crippen LogP) is 3.33. The summed E-state index contributed by atoms with van der Waals surface area (Å²) in [7, 11) is 0. The summed E-state index contributed by atoms with van der Waals surface area (Å²) in [4.78, 5) is 35.9. The Balaban J connectivity index is 1.73. The molecule has 2 aromatic carbocycles. The highest BCUT2D eigenvalue weighted by Gasteiger charge is 2.11. The van der Waals surface area contributed by atoms with E-state index < -0.39 is 5.97 Å². The molecule has 0 aromatic heterocycles. The molecule has 2 rings (SSSR count). The smallest absolute Gasteiger partial charge is 0.306 e. The van der Waals surface area contributed by atoms with Crippen LogP contribution in [0, 0.1) is 0 Å². The Morgan fingerprint density at radius 3 is 2.43 bits per heavy atom. The van der Waals surface area contributed by atoms with Gasteiger partial charge in [-0.15, -0.1) is 0 Å². The van der Waals surface area contributed by atoms with Gasteiger partial charge < -0.3 is 15.4 Å². The lowest BCUT2D eigenvalue weighted by Gasteiger charge is -2.10. The van der Waals surface area contributed by atoms with Crippen LogP contribution >= 0.6 is 0 Å². The number of rotatable bonds is 9. The van der Waals surface area contributed by atoms with Gasteiger partial charge in [-0.25, -0.2) is 0 Å². The number of anilines is 1. The molecule has 2 amide bonds. The fourth-order valence-electron chi connectivity index (χ4n) is 2.52. The fraction of sp³-hybridized carbons (Fsp3) is 0.318. The summed E-state index contributed by atoms with van der Waals surface area (Å²) in [5.74, 6) is -0.911. The van der Waals surface area contributed by atoms with Crippen molar-refractivity contribution in [1.82, 2.24) is 5.32 Å². The second-order valence-corrected chi connectivity index (χ2v) is 6.71. The Bertz CT molecular complexity index is 803. The maximum absolute atomic E-state index is 12.1. The van der Waals surface area contributed by atoms with E-state index in [1.165, 1.54) is 0 Å².